The van der Waals surface area contributed by atoms with Crippen LogP contribution in [-0.2, 0) is 88.1 Å². The van der Waals surface area contributed by atoms with Gasteiger partial charge in [-0.3, -0.25) is 19.6 Å². The zero-order chi connectivity index (χ0) is 60.8. The molecule has 0 aliphatic carbocycles. The molecule has 0 unspecified atom stereocenters. The maximum atomic E-state index is 12.9. The number of anilines is 2. The summed E-state index contributed by atoms with van der Waals surface area (Å²) in [5.41, 5.74) is 14.6. The summed E-state index contributed by atoms with van der Waals surface area (Å²) in [4.78, 5) is 41.7. The highest BCUT2D eigenvalue weighted by Crippen LogP contribution is 2.50. The molecule has 6 aromatic carbocycles. The molecule has 458 valence electrons. The summed E-state index contributed by atoms with van der Waals surface area (Å²) in [6.45, 7) is 5.62. The lowest BCUT2D eigenvalue weighted by Crippen LogP contribution is -2.55. The molecule has 88 heavy (non-hydrogen) atoms. The van der Waals surface area contributed by atoms with Crippen molar-refractivity contribution in [1.29, 1.82) is 0 Å². The normalized spacial score (nSPS) is 21.2. The molecule has 20 nitrogen and oxygen atoms in total. The molecule has 2 fully saturated rings. The van der Waals surface area contributed by atoms with E-state index in [-0.39, 0.29) is 69.1 Å². The number of halogens is 1. The van der Waals surface area contributed by atoms with Crippen molar-refractivity contribution in [1.82, 2.24) is 29.2 Å². The lowest BCUT2D eigenvalue weighted by Gasteiger charge is -2.40. The number of ether oxygens (including phenoxy) is 8. The summed E-state index contributed by atoms with van der Waals surface area (Å²) in [7, 11) is 0. The van der Waals surface area contributed by atoms with E-state index in [9.17, 15) is 19.5 Å². The van der Waals surface area contributed by atoms with E-state index < -0.39 is 52.9 Å². The van der Waals surface area contributed by atoms with E-state index in [1.54, 1.807) is 38.1 Å². The summed E-state index contributed by atoms with van der Waals surface area (Å²) >= 11 is 3.23. The van der Waals surface area contributed by atoms with E-state index in [4.69, 9.17) is 49.4 Å². The summed E-state index contributed by atoms with van der Waals surface area (Å²) in [6.07, 6.45) is -2.73. The van der Waals surface area contributed by atoms with Crippen LogP contribution < -0.4 is 22.6 Å². The zero-order valence-corrected chi connectivity index (χ0v) is 49.4. The van der Waals surface area contributed by atoms with Crippen molar-refractivity contribution in [3.63, 3.8) is 0 Å². The fraction of sp³-hybridized carbons (Fsp3) is 0.269. The minimum absolute atomic E-state index is 0. The van der Waals surface area contributed by atoms with Gasteiger partial charge in [0.05, 0.1) is 52.9 Å². The summed E-state index contributed by atoms with van der Waals surface area (Å²) < 4.78 is 53.1. The predicted octanol–water partition coefficient (Wildman–Crippen LogP) is 9.62. The van der Waals surface area contributed by atoms with E-state index in [2.05, 4.69) is 36.1 Å². The number of hydrogen-bond acceptors (Lipinski definition) is 16. The Morgan fingerprint density at radius 1 is 0.511 bits per heavy atom. The molecule has 12 rings (SSSR count). The third-order valence-corrected chi connectivity index (χ3v) is 15.5. The van der Waals surface area contributed by atoms with Gasteiger partial charge in [0.15, 0.2) is 17.3 Å². The van der Waals surface area contributed by atoms with Crippen molar-refractivity contribution in [3.8, 4) is 0 Å². The highest BCUT2D eigenvalue weighted by atomic mass is 79.9. The number of hydrogen-bond donors (Lipinski definition) is 5. The van der Waals surface area contributed by atoms with Crippen LogP contribution in [0, 0.1) is 0 Å². The Morgan fingerprint density at radius 2 is 0.898 bits per heavy atom. The van der Waals surface area contributed by atoms with Crippen molar-refractivity contribution in [2.75, 3.05) is 24.7 Å². The molecule has 4 aromatic heterocycles. The van der Waals surface area contributed by atoms with E-state index in [1.165, 1.54) is 9.03 Å². The largest absolute Gasteiger partial charge is 0.455 e. The topological polar surface area (TPSA) is 263 Å². The molecule has 2 aliphatic rings. The first-order valence-electron chi connectivity index (χ1n) is 28.1. The van der Waals surface area contributed by atoms with Crippen molar-refractivity contribution in [3.05, 3.63) is 271 Å². The minimum Gasteiger partial charge on any atom is -0.455 e. The first kappa shape index (κ1) is 63.9. The minimum atomic E-state index is -2.12. The first-order valence-corrected chi connectivity index (χ1v) is 28.9. The lowest BCUT2D eigenvalue weighted by molar-refractivity contribution is -0.294. The van der Waals surface area contributed by atoms with E-state index >= 15 is 0 Å². The maximum Gasteiger partial charge on any atom is 0.341 e. The molecule has 0 spiro atoms. The number of carbonyl (C=O) groups excluding carboxylic acids is 1. The van der Waals surface area contributed by atoms with Gasteiger partial charge in [0.2, 0.25) is 17.7 Å². The predicted molar refractivity (Wildman–Crippen MR) is 335 cm³/mol. The maximum absolute atomic E-state index is 12.9. The quantitative estimate of drug-likeness (QED) is 0.0419. The van der Waals surface area contributed by atoms with Gasteiger partial charge in [-0.25, -0.2) is 13.8 Å². The second kappa shape index (κ2) is 29.4. The molecule has 10 aromatic rings. The Labute approximate surface area is 517 Å². The van der Waals surface area contributed by atoms with Crippen molar-refractivity contribution in [2.24, 2.45) is 0 Å². The van der Waals surface area contributed by atoms with Crippen LogP contribution >= 0.6 is 15.9 Å². The van der Waals surface area contributed by atoms with Crippen LogP contribution in [0.5, 0.6) is 0 Å². The average Bonchev–Trinajstić information content (AvgIpc) is 1.62. The highest BCUT2D eigenvalue weighted by Gasteiger charge is 2.67. The number of cyclic esters (lactones) is 1. The molecule has 2 saturated heterocycles. The Bertz CT molecular complexity index is 3940. The molecular formula is C67H71BrN8O12. The van der Waals surface area contributed by atoms with Crippen LogP contribution in [-0.4, -0.2) is 89.1 Å². The van der Waals surface area contributed by atoms with E-state index in [0.717, 1.165) is 33.4 Å². The smallest absolute Gasteiger partial charge is 0.341 e. The molecule has 0 amide bonds. The summed E-state index contributed by atoms with van der Waals surface area (Å²) in [5.74, 6) is -2.56. The van der Waals surface area contributed by atoms with Crippen molar-refractivity contribution in [2.45, 2.75) is 102 Å². The first-order chi connectivity index (χ1) is 42.2. The Morgan fingerprint density at radius 3 is 1.38 bits per heavy atom. The summed E-state index contributed by atoms with van der Waals surface area (Å²) in [6, 6.07) is 65.2. The monoisotopic (exact) mass is 1260 g/mol. The molecule has 6 heterocycles. The van der Waals surface area contributed by atoms with Gasteiger partial charge in [-0.05, 0) is 87.4 Å². The number of aromatic nitrogens is 6. The Hall–Kier alpha value is -8.61. The SMILES string of the molecule is C.C[C@@]1(OCc2ccccc2)[C@H](OCc2ccccc2)[C@@H](COCc2ccccc2)O[C@@]1(O)c1ccc2c(=O)[nH]c(N)nn12.C[C@]1(OCc2ccccc2)C(=O)O[C@H](COCc2ccccc2)[C@H]1OCc1ccccc1.Nc1nn2c(Br)ccc2c(=O)[nH]1. The molecule has 0 radical (unpaired) electrons. The molecule has 7 atom stereocenters. The van der Waals surface area contributed by atoms with Crippen LogP contribution in [0.15, 0.2) is 220 Å². The Balaban J connectivity index is 0.000000179. The van der Waals surface area contributed by atoms with Gasteiger partial charge in [0.1, 0.15) is 39.6 Å². The fourth-order valence-corrected chi connectivity index (χ4v) is 10.7. The zero-order valence-electron chi connectivity index (χ0n) is 47.9. The fourth-order valence-electron chi connectivity index (χ4n) is 10.3. The van der Waals surface area contributed by atoms with Gasteiger partial charge in [-0.1, -0.05) is 189 Å². The second-order valence-electron chi connectivity index (χ2n) is 21.1. The lowest BCUT2D eigenvalue weighted by atomic mass is 9.87. The molecular weight excluding hydrogens is 1190 g/mol. The number of H-pyrrole nitrogens is 2. The number of carbonyl (C=O) groups is 1. The van der Waals surface area contributed by atoms with Crippen molar-refractivity contribution >= 4 is 44.8 Å². The molecule has 21 heteroatoms. The van der Waals surface area contributed by atoms with Crippen LogP contribution in [0.3, 0.4) is 0 Å². The number of nitrogens with two attached hydrogens (primary N) is 2. The van der Waals surface area contributed by atoms with Crippen LogP contribution in [0.2, 0.25) is 0 Å². The number of fused-ring (bicyclic) bond motifs is 2. The molecule has 7 N–H and O–H groups in total. The number of nitrogens with one attached hydrogen (secondary N) is 2. The van der Waals surface area contributed by atoms with Gasteiger partial charge in [0, 0.05) is 0 Å². The van der Waals surface area contributed by atoms with E-state index in [1.807, 2.05) is 182 Å². The number of nitrogens with zero attached hydrogens (tertiary/aromatic N) is 4. The highest BCUT2D eigenvalue weighted by molar-refractivity contribution is 9.10. The molecule has 2 aliphatic heterocycles. The van der Waals surface area contributed by atoms with Gasteiger partial charge < -0.3 is 54.5 Å². The number of rotatable bonds is 21. The van der Waals surface area contributed by atoms with Crippen LogP contribution in [0.1, 0.15) is 60.3 Å². The van der Waals surface area contributed by atoms with Gasteiger partial charge in [0.25, 0.3) is 11.1 Å². The Kier molecular flexibility index (Phi) is 21.3. The average molecular weight is 1260 g/mol. The van der Waals surface area contributed by atoms with Gasteiger partial charge in [-0.15, -0.1) is 10.2 Å². The number of aliphatic hydroxyl groups is 1. The third kappa shape index (κ3) is 15.0. The van der Waals surface area contributed by atoms with E-state index in [0.29, 0.717) is 29.9 Å². The van der Waals surface area contributed by atoms with Crippen LogP contribution in [0.4, 0.5) is 11.9 Å². The van der Waals surface area contributed by atoms with Gasteiger partial charge in [-0.2, -0.15) is 0 Å². The van der Waals surface area contributed by atoms with Crippen molar-refractivity contribution < 1.29 is 47.8 Å². The number of nitrogen functional groups attached to an aromatic ring is 2. The van der Waals surface area contributed by atoms with Crippen LogP contribution in [0.25, 0.3) is 11.0 Å². The number of esters is 1. The standard InChI is InChI=1S/C33H34N4O6.C27H28O5.C6H5BrN4O.CH4/c1-32(42-21-25-15-9-4-10-16-25)29(41-20-24-13-7-3-8-14-24)27(22-40-19-23-11-5-2-6-12-23)43-33(32,39)28-18-17-26-30(38)35-31(34)36-37(26)28;1-27(31-19-23-15-9-4-10-16-23)25(30-18-22-13-7-3-8-14-22)24(32-26(27)28)20-29-17-21-11-5-2-6-12-21;7-4-2-1-3-5(12)9-6(8)10-11(3)4;/h2-18,27,29,39H,19-22H2,1H3,(H3,34,35,36,38);2-16,24-25H,17-20H2,1H3;1-2H,(H3,8,9,10,12);1H4/t27-,29-,32-,33+;24-,25-,27-;;/m11../s1. The molecule has 0 saturated carbocycles. The number of benzene rings is 6. The second-order valence-corrected chi connectivity index (χ2v) is 21.9. The summed E-state index contributed by atoms with van der Waals surface area (Å²) in [5, 5.41) is 20.8. The third-order valence-electron chi connectivity index (χ3n) is 14.9. The van der Waals surface area contributed by atoms with Gasteiger partial charge >= 0.3 is 5.97 Å². The number of aromatic amines is 2. The molecule has 0 bridgehead atoms.